The van der Waals surface area contributed by atoms with Crippen LogP contribution in [0, 0.1) is 0 Å². The summed E-state index contributed by atoms with van der Waals surface area (Å²) in [5.41, 5.74) is 0.492. The summed E-state index contributed by atoms with van der Waals surface area (Å²) < 4.78 is 5.17. The van der Waals surface area contributed by atoms with Crippen molar-refractivity contribution < 1.29 is 9.53 Å². The third-order valence-corrected chi connectivity index (χ3v) is 3.46. The molecule has 0 fully saturated rings. The second-order valence-electron chi connectivity index (χ2n) is 4.87. The summed E-state index contributed by atoms with van der Waals surface area (Å²) in [7, 11) is 1.55. The van der Waals surface area contributed by atoms with E-state index >= 15 is 0 Å². The van der Waals surface area contributed by atoms with Gasteiger partial charge in [-0.25, -0.2) is 0 Å². The number of ether oxygens (including phenoxy) is 1. The van der Waals surface area contributed by atoms with Gasteiger partial charge in [0.1, 0.15) is 5.75 Å². The lowest BCUT2D eigenvalue weighted by atomic mass is 10.1. The van der Waals surface area contributed by atoms with Crippen molar-refractivity contribution in [3.8, 4) is 5.75 Å². The molecule has 0 bridgehead atoms. The lowest BCUT2D eigenvalue weighted by Crippen LogP contribution is -2.24. The molecule has 0 saturated heterocycles. The van der Waals surface area contributed by atoms with Crippen LogP contribution in [0.1, 0.15) is 55.8 Å². The molecule has 1 aromatic rings. The monoisotopic (exact) mass is 297 g/mol. The molecule has 0 spiro atoms. The van der Waals surface area contributed by atoms with Crippen molar-refractivity contribution in [3.05, 3.63) is 28.8 Å². The van der Waals surface area contributed by atoms with Crippen LogP contribution in [-0.2, 0) is 0 Å². The van der Waals surface area contributed by atoms with E-state index in [1.807, 2.05) is 0 Å². The second-order valence-corrected chi connectivity index (χ2v) is 5.30. The fraction of sp³-hybridized carbons (Fsp3) is 0.562. The SMILES string of the molecule is CCCCCCCCNC(=O)c1cc(Cl)ccc1OC. The molecule has 1 N–H and O–H groups in total. The van der Waals surface area contributed by atoms with Crippen LogP contribution >= 0.6 is 11.6 Å². The molecule has 0 saturated carbocycles. The van der Waals surface area contributed by atoms with Gasteiger partial charge < -0.3 is 10.1 Å². The van der Waals surface area contributed by atoms with Gasteiger partial charge in [0, 0.05) is 11.6 Å². The summed E-state index contributed by atoms with van der Waals surface area (Å²) in [6, 6.07) is 5.06. The molecule has 3 nitrogen and oxygen atoms in total. The van der Waals surface area contributed by atoms with Gasteiger partial charge in [-0.2, -0.15) is 0 Å². The van der Waals surface area contributed by atoms with Crippen molar-refractivity contribution in [2.45, 2.75) is 45.4 Å². The number of benzene rings is 1. The minimum absolute atomic E-state index is 0.127. The Hall–Kier alpha value is -1.22. The predicted molar refractivity (Wildman–Crippen MR) is 83.7 cm³/mol. The molecular formula is C16H24ClNO2. The van der Waals surface area contributed by atoms with Crippen molar-refractivity contribution in [1.82, 2.24) is 5.32 Å². The van der Waals surface area contributed by atoms with Gasteiger partial charge in [-0.15, -0.1) is 0 Å². The van der Waals surface area contributed by atoms with Crippen LogP contribution in [0.15, 0.2) is 18.2 Å². The molecular weight excluding hydrogens is 274 g/mol. The Kier molecular flexibility index (Phi) is 8.12. The number of methoxy groups -OCH3 is 1. The third-order valence-electron chi connectivity index (χ3n) is 3.22. The van der Waals surface area contributed by atoms with Crippen LogP contribution < -0.4 is 10.1 Å². The Morgan fingerprint density at radius 3 is 2.60 bits per heavy atom. The molecule has 0 atom stereocenters. The molecule has 0 aliphatic heterocycles. The number of nitrogens with one attached hydrogen (secondary N) is 1. The van der Waals surface area contributed by atoms with Crippen molar-refractivity contribution >= 4 is 17.5 Å². The molecule has 0 aliphatic rings. The zero-order valence-electron chi connectivity index (χ0n) is 12.4. The normalized spacial score (nSPS) is 10.3. The van der Waals surface area contributed by atoms with Crippen LogP contribution in [-0.4, -0.2) is 19.6 Å². The Morgan fingerprint density at radius 2 is 1.90 bits per heavy atom. The minimum Gasteiger partial charge on any atom is -0.496 e. The van der Waals surface area contributed by atoms with Crippen LogP contribution in [0.2, 0.25) is 5.02 Å². The first-order chi connectivity index (χ1) is 9.69. The number of hydrogen-bond acceptors (Lipinski definition) is 2. The van der Waals surface area contributed by atoms with E-state index in [-0.39, 0.29) is 5.91 Å². The highest BCUT2D eigenvalue weighted by Crippen LogP contribution is 2.22. The molecule has 0 aromatic heterocycles. The third kappa shape index (κ3) is 5.83. The molecule has 1 rings (SSSR count). The number of carbonyl (C=O) groups is 1. The van der Waals surface area contributed by atoms with E-state index in [0.717, 1.165) is 12.8 Å². The highest BCUT2D eigenvalue weighted by atomic mass is 35.5. The first kappa shape index (κ1) is 16.8. The van der Waals surface area contributed by atoms with Gasteiger partial charge in [0.2, 0.25) is 0 Å². The van der Waals surface area contributed by atoms with E-state index in [1.165, 1.54) is 25.7 Å². The highest BCUT2D eigenvalue weighted by Gasteiger charge is 2.12. The van der Waals surface area contributed by atoms with Gasteiger partial charge in [0.25, 0.3) is 5.91 Å². The highest BCUT2D eigenvalue weighted by molar-refractivity contribution is 6.31. The Balaban J connectivity index is 2.34. The van der Waals surface area contributed by atoms with Crippen molar-refractivity contribution in [1.29, 1.82) is 0 Å². The van der Waals surface area contributed by atoms with E-state index in [2.05, 4.69) is 12.2 Å². The van der Waals surface area contributed by atoms with Crippen molar-refractivity contribution in [2.24, 2.45) is 0 Å². The van der Waals surface area contributed by atoms with Gasteiger partial charge in [0.15, 0.2) is 0 Å². The molecule has 0 heterocycles. The van der Waals surface area contributed by atoms with Crippen LogP contribution in [0.4, 0.5) is 0 Å². The molecule has 0 unspecified atom stereocenters. The largest absolute Gasteiger partial charge is 0.496 e. The number of rotatable bonds is 9. The molecule has 0 radical (unpaired) electrons. The number of carbonyl (C=O) groups excluding carboxylic acids is 1. The van der Waals surface area contributed by atoms with Crippen molar-refractivity contribution in [2.75, 3.05) is 13.7 Å². The summed E-state index contributed by atoms with van der Waals surface area (Å²) >= 11 is 5.91. The Labute approximate surface area is 126 Å². The number of hydrogen-bond donors (Lipinski definition) is 1. The maximum absolute atomic E-state index is 12.1. The average molecular weight is 298 g/mol. The van der Waals surface area contributed by atoms with Crippen LogP contribution in [0.5, 0.6) is 5.75 Å². The maximum Gasteiger partial charge on any atom is 0.255 e. The summed E-state index contributed by atoms with van der Waals surface area (Å²) in [5.74, 6) is 0.424. The van der Waals surface area contributed by atoms with Gasteiger partial charge in [0.05, 0.1) is 12.7 Å². The molecule has 1 amide bonds. The van der Waals surface area contributed by atoms with E-state index < -0.39 is 0 Å². The molecule has 112 valence electrons. The quantitative estimate of drug-likeness (QED) is 0.684. The smallest absolute Gasteiger partial charge is 0.255 e. The summed E-state index contributed by atoms with van der Waals surface area (Å²) in [5, 5.41) is 3.45. The fourth-order valence-electron chi connectivity index (χ4n) is 2.06. The minimum atomic E-state index is -0.127. The zero-order chi connectivity index (χ0) is 14.8. The van der Waals surface area contributed by atoms with Gasteiger partial charge >= 0.3 is 0 Å². The Morgan fingerprint density at radius 1 is 1.20 bits per heavy atom. The van der Waals surface area contributed by atoms with E-state index in [4.69, 9.17) is 16.3 Å². The summed E-state index contributed by atoms with van der Waals surface area (Å²) in [6.45, 7) is 2.90. The molecule has 4 heteroatoms. The zero-order valence-corrected chi connectivity index (χ0v) is 13.1. The topological polar surface area (TPSA) is 38.3 Å². The van der Waals surface area contributed by atoms with E-state index in [1.54, 1.807) is 25.3 Å². The summed E-state index contributed by atoms with van der Waals surface area (Å²) in [6.07, 6.45) is 7.25. The van der Waals surface area contributed by atoms with E-state index in [9.17, 15) is 4.79 Å². The maximum atomic E-state index is 12.1. The number of unbranched alkanes of at least 4 members (excludes halogenated alkanes) is 5. The van der Waals surface area contributed by atoms with Crippen LogP contribution in [0.25, 0.3) is 0 Å². The van der Waals surface area contributed by atoms with Crippen molar-refractivity contribution in [3.63, 3.8) is 0 Å². The summed E-state index contributed by atoms with van der Waals surface area (Å²) in [4.78, 5) is 12.1. The lowest BCUT2D eigenvalue weighted by molar-refractivity contribution is 0.0950. The first-order valence-electron chi connectivity index (χ1n) is 7.30. The second kappa shape index (κ2) is 9.65. The number of amides is 1. The molecule has 1 aromatic carbocycles. The van der Waals surface area contributed by atoms with Gasteiger partial charge in [-0.1, -0.05) is 50.6 Å². The average Bonchev–Trinajstić information content (AvgIpc) is 2.46. The number of halogens is 1. The first-order valence-corrected chi connectivity index (χ1v) is 7.68. The fourth-order valence-corrected chi connectivity index (χ4v) is 2.23. The van der Waals surface area contributed by atoms with Gasteiger partial charge in [-0.3, -0.25) is 4.79 Å². The lowest BCUT2D eigenvalue weighted by Gasteiger charge is -2.09. The van der Waals surface area contributed by atoms with E-state index in [0.29, 0.717) is 22.9 Å². The predicted octanol–water partition coefficient (Wildman–Crippen LogP) is 4.44. The standard InChI is InChI=1S/C16H24ClNO2/c1-3-4-5-6-7-8-11-18-16(19)14-12-13(17)9-10-15(14)20-2/h9-10,12H,3-8,11H2,1-2H3,(H,18,19). The molecule has 0 aliphatic carbocycles. The Bertz CT molecular complexity index is 421. The van der Waals surface area contributed by atoms with Crippen LogP contribution in [0.3, 0.4) is 0 Å². The van der Waals surface area contributed by atoms with Gasteiger partial charge in [-0.05, 0) is 24.6 Å². The molecule has 20 heavy (non-hydrogen) atoms.